The number of aryl methyl sites for hydroxylation is 1. The molecule has 2 aromatic heterocycles. The molecule has 0 atom stereocenters. The molecule has 2 heterocycles. The summed E-state index contributed by atoms with van der Waals surface area (Å²) < 4.78 is 6.24. The summed E-state index contributed by atoms with van der Waals surface area (Å²) in [6.45, 7) is 2.22. The van der Waals surface area contributed by atoms with Gasteiger partial charge in [-0.05, 0) is 24.0 Å². The van der Waals surface area contributed by atoms with Crippen molar-refractivity contribution < 1.29 is 4.79 Å². The lowest BCUT2D eigenvalue weighted by atomic mass is 10.1. The number of hydrogen-bond acceptors (Lipinski definition) is 5. The fourth-order valence-electron chi connectivity index (χ4n) is 2.36. The third-order valence-corrected chi connectivity index (χ3v) is 4.40. The number of carbonyl (C=O) groups excluding carboxylic acids is 1. The molecule has 0 radical (unpaired) electrons. The predicted octanol–water partition coefficient (Wildman–Crippen LogP) is 0.782. The molecule has 124 valence electrons. The van der Waals surface area contributed by atoms with E-state index in [2.05, 4.69) is 9.69 Å². The molecule has 8 heteroatoms. The Balaban J connectivity index is 1.81. The molecule has 0 saturated heterocycles. The van der Waals surface area contributed by atoms with Gasteiger partial charge in [0.1, 0.15) is 6.54 Å². The molecule has 0 fully saturated rings. The number of nitrogens with zero attached hydrogens (tertiary/aromatic N) is 3. The van der Waals surface area contributed by atoms with Crippen molar-refractivity contribution in [2.75, 3.05) is 0 Å². The van der Waals surface area contributed by atoms with E-state index in [1.54, 1.807) is 5.38 Å². The molecule has 0 aliphatic rings. The molecule has 0 bridgehead atoms. The van der Waals surface area contributed by atoms with Gasteiger partial charge in [0.2, 0.25) is 5.91 Å². The molecule has 0 saturated carbocycles. The summed E-state index contributed by atoms with van der Waals surface area (Å²) in [5.41, 5.74) is 1.73. The van der Waals surface area contributed by atoms with Gasteiger partial charge < -0.3 is 5.32 Å². The zero-order valence-corrected chi connectivity index (χ0v) is 14.1. The summed E-state index contributed by atoms with van der Waals surface area (Å²) in [6, 6.07) is 7.82. The van der Waals surface area contributed by atoms with Crippen molar-refractivity contribution in [2.45, 2.75) is 20.0 Å². The Morgan fingerprint density at radius 1 is 1.25 bits per heavy atom. The van der Waals surface area contributed by atoms with Gasteiger partial charge in [-0.1, -0.05) is 29.8 Å². The third-order valence-electron chi connectivity index (χ3n) is 3.78. The van der Waals surface area contributed by atoms with E-state index in [1.165, 1.54) is 11.6 Å². The summed E-state index contributed by atoms with van der Waals surface area (Å²) in [6.07, 6.45) is 0. The number of nitrogens with one attached hydrogen (secondary N) is 1. The first-order valence-corrected chi connectivity index (χ1v) is 8.17. The molecule has 7 nitrogen and oxygen atoms in total. The van der Waals surface area contributed by atoms with E-state index in [0.29, 0.717) is 12.1 Å². The number of fused-ring (bicyclic) bond motifs is 1. The van der Waals surface area contributed by atoms with E-state index in [4.69, 9.17) is 0 Å². The Bertz CT molecular complexity index is 1010. The van der Waals surface area contributed by atoms with Gasteiger partial charge >= 0.3 is 5.69 Å². The van der Waals surface area contributed by atoms with Crippen molar-refractivity contribution in [1.29, 1.82) is 0 Å². The minimum absolute atomic E-state index is 0.159. The summed E-state index contributed by atoms with van der Waals surface area (Å²) >= 11 is 1.08. The Hall–Kier alpha value is -2.74. The van der Waals surface area contributed by atoms with Gasteiger partial charge in [-0.25, -0.2) is 4.79 Å². The summed E-state index contributed by atoms with van der Waals surface area (Å²) in [5.74, 6) is -0.302. The fraction of sp³-hybridized carbons (Fsp3) is 0.250. The molecular weight excluding hydrogens is 328 g/mol. The summed E-state index contributed by atoms with van der Waals surface area (Å²) in [7, 11) is 1.38. The Morgan fingerprint density at radius 2 is 1.96 bits per heavy atom. The molecule has 1 N–H and O–H groups in total. The van der Waals surface area contributed by atoms with Crippen LogP contribution in [0.4, 0.5) is 0 Å². The lowest BCUT2D eigenvalue weighted by Gasteiger charge is -2.10. The number of benzene rings is 1. The highest BCUT2D eigenvalue weighted by molar-refractivity contribution is 7.04. The number of amides is 1. The second-order valence-corrected chi connectivity index (χ2v) is 6.17. The Labute approximate surface area is 141 Å². The summed E-state index contributed by atoms with van der Waals surface area (Å²) in [5, 5.41) is 4.38. The van der Waals surface area contributed by atoms with Crippen LogP contribution in [0.1, 0.15) is 11.1 Å². The van der Waals surface area contributed by atoms with E-state index < -0.39 is 11.2 Å². The normalized spacial score (nSPS) is 10.9. The van der Waals surface area contributed by atoms with Crippen molar-refractivity contribution in [3.63, 3.8) is 0 Å². The maximum atomic E-state index is 12.3. The van der Waals surface area contributed by atoms with Gasteiger partial charge in [-0.15, -0.1) is 0 Å². The zero-order valence-electron chi connectivity index (χ0n) is 13.3. The topological polar surface area (TPSA) is 86.0 Å². The van der Waals surface area contributed by atoms with Crippen LogP contribution in [0.3, 0.4) is 0 Å². The van der Waals surface area contributed by atoms with Crippen molar-refractivity contribution in [3.8, 4) is 0 Å². The van der Waals surface area contributed by atoms with E-state index in [9.17, 15) is 14.4 Å². The van der Waals surface area contributed by atoms with Crippen molar-refractivity contribution in [1.82, 2.24) is 18.8 Å². The number of aromatic nitrogens is 3. The maximum absolute atomic E-state index is 12.3. The van der Waals surface area contributed by atoms with Crippen molar-refractivity contribution >= 4 is 28.5 Å². The average molecular weight is 344 g/mol. The molecule has 24 heavy (non-hydrogen) atoms. The van der Waals surface area contributed by atoms with Crippen molar-refractivity contribution in [2.24, 2.45) is 7.05 Å². The monoisotopic (exact) mass is 344 g/mol. The van der Waals surface area contributed by atoms with Crippen LogP contribution in [0, 0.1) is 6.92 Å². The van der Waals surface area contributed by atoms with E-state index in [0.717, 1.165) is 27.2 Å². The van der Waals surface area contributed by atoms with Gasteiger partial charge in [-0.2, -0.15) is 4.37 Å². The maximum Gasteiger partial charge on any atom is 0.331 e. The van der Waals surface area contributed by atoms with E-state index >= 15 is 0 Å². The minimum Gasteiger partial charge on any atom is -0.350 e. The smallest absolute Gasteiger partial charge is 0.331 e. The Morgan fingerprint density at radius 3 is 2.67 bits per heavy atom. The molecular formula is C16H16N4O3S. The second-order valence-electron chi connectivity index (χ2n) is 5.54. The first kappa shape index (κ1) is 16.1. The van der Waals surface area contributed by atoms with E-state index in [-0.39, 0.29) is 18.0 Å². The predicted molar refractivity (Wildman–Crippen MR) is 92.1 cm³/mol. The van der Waals surface area contributed by atoms with Gasteiger partial charge in [0.05, 0.1) is 5.52 Å². The van der Waals surface area contributed by atoms with Crippen LogP contribution in [0.5, 0.6) is 0 Å². The molecule has 1 amide bonds. The number of carbonyl (C=O) groups is 1. The first-order chi connectivity index (χ1) is 11.5. The highest BCUT2D eigenvalue weighted by atomic mass is 32.1. The molecule has 0 spiro atoms. The van der Waals surface area contributed by atoms with Crippen LogP contribution in [0.25, 0.3) is 11.0 Å². The summed E-state index contributed by atoms with van der Waals surface area (Å²) in [4.78, 5) is 36.4. The standard InChI is InChI=1S/C16H16N4O3S/c1-10-3-5-11(6-4-10)7-17-13(21)8-20-12-9-24-18-14(12)15(22)19(2)16(20)23/h3-6,9H,7-8H2,1-2H3,(H,17,21). The van der Waals surface area contributed by atoms with Crippen LogP contribution in [0.2, 0.25) is 0 Å². The molecule has 3 rings (SSSR count). The third kappa shape index (κ3) is 3.00. The molecule has 0 aliphatic carbocycles. The molecule has 0 unspecified atom stereocenters. The Kier molecular flexibility index (Phi) is 4.30. The lowest BCUT2D eigenvalue weighted by Crippen LogP contribution is -2.41. The largest absolute Gasteiger partial charge is 0.350 e. The fourth-order valence-corrected chi connectivity index (χ4v) is 3.03. The quantitative estimate of drug-likeness (QED) is 0.758. The van der Waals surface area contributed by atoms with Crippen LogP contribution in [-0.4, -0.2) is 19.4 Å². The van der Waals surface area contributed by atoms with Gasteiger partial charge in [0.15, 0.2) is 5.52 Å². The average Bonchev–Trinajstić information content (AvgIpc) is 3.06. The number of rotatable bonds is 4. The van der Waals surface area contributed by atoms with Crippen LogP contribution < -0.4 is 16.6 Å². The number of hydrogen-bond donors (Lipinski definition) is 1. The minimum atomic E-state index is -0.529. The molecule has 1 aromatic carbocycles. The second kappa shape index (κ2) is 6.40. The SMILES string of the molecule is Cc1ccc(CNC(=O)Cn2c(=O)n(C)c(=O)c3nscc32)cc1. The molecule has 0 aliphatic heterocycles. The first-order valence-electron chi connectivity index (χ1n) is 7.33. The zero-order chi connectivity index (χ0) is 17.3. The van der Waals surface area contributed by atoms with E-state index in [1.807, 2.05) is 31.2 Å². The van der Waals surface area contributed by atoms with Crippen LogP contribution >= 0.6 is 11.5 Å². The highest BCUT2D eigenvalue weighted by Crippen LogP contribution is 2.09. The van der Waals surface area contributed by atoms with Gasteiger partial charge in [-0.3, -0.25) is 18.7 Å². The van der Waals surface area contributed by atoms with Gasteiger partial charge in [0.25, 0.3) is 5.56 Å². The molecule has 3 aromatic rings. The highest BCUT2D eigenvalue weighted by Gasteiger charge is 2.15. The van der Waals surface area contributed by atoms with Crippen molar-refractivity contribution in [3.05, 3.63) is 61.6 Å². The van der Waals surface area contributed by atoms with Gasteiger partial charge in [0, 0.05) is 19.0 Å². The van der Waals surface area contributed by atoms with Crippen LogP contribution in [0.15, 0.2) is 39.2 Å². The van der Waals surface area contributed by atoms with Crippen LogP contribution in [-0.2, 0) is 24.9 Å². The lowest BCUT2D eigenvalue weighted by molar-refractivity contribution is -0.121.